The summed E-state index contributed by atoms with van der Waals surface area (Å²) in [6.45, 7) is 2.02. The van der Waals surface area contributed by atoms with Crippen LogP contribution in [0.2, 0.25) is 5.02 Å². The van der Waals surface area contributed by atoms with Crippen molar-refractivity contribution < 1.29 is 9.90 Å². The third-order valence-electron chi connectivity index (χ3n) is 3.20. The van der Waals surface area contributed by atoms with E-state index in [2.05, 4.69) is 17.3 Å². The fourth-order valence-electron chi connectivity index (χ4n) is 2.33. The molecule has 0 spiro atoms. The highest BCUT2D eigenvalue weighted by atomic mass is 35.5. The molecular formula is C13H17ClN2O2. The van der Waals surface area contributed by atoms with Crippen molar-refractivity contribution in [2.24, 2.45) is 0 Å². The number of likely N-dealkylation sites (N-methyl/N-ethyl adjacent to an activating group) is 1. The highest BCUT2D eigenvalue weighted by molar-refractivity contribution is 6.31. The van der Waals surface area contributed by atoms with Gasteiger partial charge < -0.3 is 15.3 Å². The Labute approximate surface area is 112 Å². The van der Waals surface area contributed by atoms with Crippen LogP contribution in [0.5, 0.6) is 0 Å². The SMILES string of the molecule is CN1CCCC(Nc2cc(Cl)ccc2C(=O)O)C1. The van der Waals surface area contributed by atoms with E-state index in [-0.39, 0.29) is 11.6 Å². The van der Waals surface area contributed by atoms with E-state index >= 15 is 0 Å². The third kappa shape index (κ3) is 3.15. The summed E-state index contributed by atoms with van der Waals surface area (Å²) in [5.41, 5.74) is 0.878. The van der Waals surface area contributed by atoms with Crippen LogP contribution in [0.4, 0.5) is 5.69 Å². The third-order valence-corrected chi connectivity index (χ3v) is 3.43. The Morgan fingerprint density at radius 1 is 1.56 bits per heavy atom. The van der Waals surface area contributed by atoms with Crippen LogP contribution in [0.1, 0.15) is 23.2 Å². The summed E-state index contributed by atoms with van der Waals surface area (Å²) in [5, 5.41) is 13.0. The van der Waals surface area contributed by atoms with E-state index in [4.69, 9.17) is 16.7 Å². The predicted molar refractivity (Wildman–Crippen MR) is 72.6 cm³/mol. The number of likely N-dealkylation sites (tertiary alicyclic amines) is 1. The normalized spacial score (nSPS) is 20.7. The Hall–Kier alpha value is -1.26. The average Bonchev–Trinajstić information content (AvgIpc) is 2.28. The van der Waals surface area contributed by atoms with Gasteiger partial charge in [0.2, 0.25) is 0 Å². The molecule has 2 N–H and O–H groups in total. The van der Waals surface area contributed by atoms with Gasteiger partial charge in [0.25, 0.3) is 0 Å². The van der Waals surface area contributed by atoms with Crippen molar-refractivity contribution in [3.63, 3.8) is 0 Å². The Bertz CT molecular complexity index is 451. The zero-order chi connectivity index (χ0) is 13.1. The molecule has 98 valence electrons. The maximum atomic E-state index is 11.1. The molecular weight excluding hydrogens is 252 g/mol. The standard InChI is InChI=1S/C13H17ClN2O2/c1-16-6-2-3-10(8-16)15-12-7-9(14)4-5-11(12)13(17)18/h4-5,7,10,15H,2-3,6,8H2,1H3,(H,17,18). The molecule has 0 aromatic heterocycles. The number of carbonyl (C=O) groups is 1. The van der Waals surface area contributed by atoms with Crippen molar-refractivity contribution in [3.05, 3.63) is 28.8 Å². The monoisotopic (exact) mass is 268 g/mol. The van der Waals surface area contributed by atoms with E-state index in [1.165, 1.54) is 0 Å². The number of nitrogens with zero attached hydrogens (tertiary/aromatic N) is 1. The van der Waals surface area contributed by atoms with Crippen molar-refractivity contribution in [1.82, 2.24) is 4.90 Å². The molecule has 1 heterocycles. The molecule has 18 heavy (non-hydrogen) atoms. The Morgan fingerprint density at radius 2 is 2.33 bits per heavy atom. The summed E-state index contributed by atoms with van der Waals surface area (Å²) in [6.07, 6.45) is 2.17. The van der Waals surface area contributed by atoms with Crippen molar-refractivity contribution in [2.75, 3.05) is 25.5 Å². The number of piperidine rings is 1. The first kappa shape index (κ1) is 13.2. The molecule has 1 unspecified atom stereocenters. The predicted octanol–water partition coefficient (Wildman–Crippen LogP) is 2.54. The van der Waals surface area contributed by atoms with Crippen molar-refractivity contribution in [3.8, 4) is 0 Å². The smallest absolute Gasteiger partial charge is 0.337 e. The molecule has 0 bridgehead atoms. The number of benzene rings is 1. The van der Waals surface area contributed by atoms with Crippen LogP contribution >= 0.6 is 11.6 Å². The molecule has 4 nitrogen and oxygen atoms in total. The minimum Gasteiger partial charge on any atom is -0.478 e. The van der Waals surface area contributed by atoms with Crippen molar-refractivity contribution >= 4 is 23.3 Å². The van der Waals surface area contributed by atoms with Gasteiger partial charge in [-0.25, -0.2) is 4.79 Å². The van der Waals surface area contributed by atoms with Crippen LogP contribution in [0.3, 0.4) is 0 Å². The second kappa shape index (κ2) is 5.59. The maximum absolute atomic E-state index is 11.1. The molecule has 0 aliphatic carbocycles. The van der Waals surface area contributed by atoms with E-state index in [0.29, 0.717) is 10.7 Å². The minimum atomic E-state index is -0.932. The Balaban J connectivity index is 2.16. The maximum Gasteiger partial charge on any atom is 0.337 e. The fraction of sp³-hybridized carbons (Fsp3) is 0.462. The summed E-state index contributed by atoms with van der Waals surface area (Å²) < 4.78 is 0. The fourth-order valence-corrected chi connectivity index (χ4v) is 2.50. The van der Waals surface area contributed by atoms with Crippen LogP contribution in [0, 0.1) is 0 Å². The van der Waals surface area contributed by atoms with Crippen LogP contribution in [0.25, 0.3) is 0 Å². The molecule has 0 saturated carbocycles. The summed E-state index contributed by atoms with van der Waals surface area (Å²) in [7, 11) is 2.07. The highest BCUT2D eigenvalue weighted by Crippen LogP contribution is 2.23. The summed E-state index contributed by atoms with van der Waals surface area (Å²) in [4.78, 5) is 13.4. The van der Waals surface area contributed by atoms with Crippen molar-refractivity contribution in [2.45, 2.75) is 18.9 Å². The summed E-state index contributed by atoms with van der Waals surface area (Å²) in [6, 6.07) is 5.10. The lowest BCUT2D eigenvalue weighted by Gasteiger charge is -2.31. The lowest BCUT2D eigenvalue weighted by atomic mass is 10.0. The summed E-state index contributed by atoms with van der Waals surface area (Å²) >= 11 is 5.92. The van der Waals surface area contributed by atoms with Gasteiger partial charge in [-0.15, -0.1) is 0 Å². The first-order valence-corrected chi connectivity index (χ1v) is 6.42. The molecule has 5 heteroatoms. The first-order chi connectivity index (χ1) is 8.56. The van der Waals surface area contributed by atoms with Crippen LogP contribution in [-0.2, 0) is 0 Å². The van der Waals surface area contributed by atoms with E-state index in [1.807, 2.05) is 0 Å². The minimum absolute atomic E-state index is 0.271. The zero-order valence-corrected chi connectivity index (χ0v) is 11.1. The number of carboxylic acid groups (broad SMARTS) is 1. The number of nitrogens with one attached hydrogen (secondary N) is 1. The van der Waals surface area contributed by atoms with Gasteiger partial charge in [0, 0.05) is 17.6 Å². The van der Waals surface area contributed by atoms with Gasteiger partial charge in [-0.3, -0.25) is 0 Å². The number of anilines is 1. The first-order valence-electron chi connectivity index (χ1n) is 6.04. The quantitative estimate of drug-likeness (QED) is 0.885. The van der Waals surface area contributed by atoms with Crippen LogP contribution in [-0.4, -0.2) is 42.2 Å². The molecule has 1 aliphatic heterocycles. The van der Waals surface area contributed by atoms with Crippen LogP contribution < -0.4 is 5.32 Å². The second-order valence-corrected chi connectivity index (χ2v) is 5.18. The lowest BCUT2D eigenvalue weighted by Crippen LogP contribution is -2.40. The number of hydrogen-bond donors (Lipinski definition) is 2. The van der Waals surface area contributed by atoms with E-state index in [1.54, 1.807) is 18.2 Å². The number of rotatable bonds is 3. The van der Waals surface area contributed by atoms with Gasteiger partial charge in [0.1, 0.15) is 0 Å². The number of halogens is 1. The van der Waals surface area contributed by atoms with Gasteiger partial charge >= 0.3 is 5.97 Å². The van der Waals surface area contributed by atoms with Gasteiger partial charge in [-0.2, -0.15) is 0 Å². The Kier molecular flexibility index (Phi) is 4.09. The highest BCUT2D eigenvalue weighted by Gasteiger charge is 2.19. The van der Waals surface area contributed by atoms with E-state index in [9.17, 15) is 4.79 Å². The number of aromatic carboxylic acids is 1. The van der Waals surface area contributed by atoms with Gasteiger partial charge in [-0.05, 0) is 44.6 Å². The molecule has 0 radical (unpaired) electrons. The molecule has 1 aliphatic rings. The second-order valence-electron chi connectivity index (χ2n) is 4.74. The molecule has 1 atom stereocenters. The molecule has 1 aromatic carbocycles. The topological polar surface area (TPSA) is 52.6 Å². The zero-order valence-electron chi connectivity index (χ0n) is 10.3. The Morgan fingerprint density at radius 3 is 3.00 bits per heavy atom. The number of carboxylic acids is 1. The van der Waals surface area contributed by atoms with Crippen molar-refractivity contribution in [1.29, 1.82) is 0 Å². The summed E-state index contributed by atoms with van der Waals surface area (Å²) in [5.74, 6) is -0.932. The molecule has 0 amide bonds. The average molecular weight is 269 g/mol. The van der Waals surface area contributed by atoms with E-state index in [0.717, 1.165) is 25.9 Å². The lowest BCUT2D eigenvalue weighted by molar-refractivity contribution is 0.0698. The van der Waals surface area contributed by atoms with Gasteiger partial charge in [0.15, 0.2) is 0 Å². The molecule has 1 fully saturated rings. The number of hydrogen-bond acceptors (Lipinski definition) is 3. The van der Waals surface area contributed by atoms with Crippen LogP contribution in [0.15, 0.2) is 18.2 Å². The largest absolute Gasteiger partial charge is 0.478 e. The molecule has 1 saturated heterocycles. The van der Waals surface area contributed by atoms with Gasteiger partial charge in [-0.1, -0.05) is 11.6 Å². The van der Waals surface area contributed by atoms with E-state index < -0.39 is 5.97 Å². The van der Waals surface area contributed by atoms with Gasteiger partial charge in [0.05, 0.1) is 11.3 Å². The molecule has 2 rings (SSSR count). The molecule has 1 aromatic rings.